The molecule has 9 heteroatoms. The van der Waals surface area contributed by atoms with Gasteiger partial charge in [0.05, 0.1) is 13.2 Å². The average Bonchev–Trinajstić information content (AvgIpc) is 3.30. The Kier molecular flexibility index (Phi) is 4.70. The summed E-state index contributed by atoms with van der Waals surface area (Å²) in [5.74, 6) is 1.64. The number of aromatic nitrogens is 4. The van der Waals surface area contributed by atoms with Gasteiger partial charge in [0.25, 0.3) is 0 Å². The van der Waals surface area contributed by atoms with Crippen molar-refractivity contribution in [2.45, 2.75) is 19.3 Å². The Morgan fingerprint density at radius 2 is 1.71 bits per heavy atom. The van der Waals surface area contributed by atoms with Gasteiger partial charge in [-0.1, -0.05) is 0 Å². The largest absolute Gasteiger partial charge is 0.379 e. The third-order valence-electron chi connectivity index (χ3n) is 4.55. The number of ether oxygens (including phenoxy) is 1. The van der Waals surface area contributed by atoms with Crippen LogP contribution in [0.5, 0.6) is 0 Å². The van der Waals surface area contributed by atoms with Crippen LogP contribution >= 0.6 is 0 Å². The first-order valence-corrected chi connectivity index (χ1v) is 8.69. The number of hydrogen-bond acceptors (Lipinski definition) is 9. The third kappa shape index (κ3) is 3.41. The predicted octanol–water partition coefficient (Wildman–Crippen LogP) is 0.747. The highest BCUT2D eigenvalue weighted by molar-refractivity contribution is 5.74. The summed E-state index contributed by atoms with van der Waals surface area (Å²) < 4.78 is 10.1. The highest BCUT2D eigenvalue weighted by Gasteiger charge is 2.21. The number of nitrogens with one attached hydrogen (secondary N) is 1. The monoisotopic (exact) mass is 333 g/mol. The number of morpholine rings is 1. The van der Waals surface area contributed by atoms with Crippen LogP contribution in [0.1, 0.15) is 19.3 Å². The Bertz CT molecular complexity index is 665. The molecule has 9 nitrogen and oxygen atoms in total. The van der Waals surface area contributed by atoms with Gasteiger partial charge in [-0.3, -0.25) is 4.90 Å². The Balaban J connectivity index is 1.40. The molecule has 0 spiro atoms. The maximum Gasteiger partial charge on any atom is 0.245 e. The quantitative estimate of drug-likeness (QED) is 0.769. The number of hydrogen-bond donors (Lipinski definition) is 1. The lowest BCUT2D eigenvalue weighted by Gasteiger charge is -2.26. The number of fused-ring (bicyclic) bond motifs is 1. The summed E-state index contributed by atoms with van der Waals surface area (Å²) in [4.78, 5) is 13.8. The van der Waals surface area contributed by atoms with Crippen molar-refractivity contribution in [1.82, 2.24) is 25.2 Å². The first kappa shape index (κ1) is 15.5. The van der Waals surface area contributed by atoms with Crippen LogP contribution in [0.2, 0.25) is 0 Å². The first-order chi connectivity index (χ1) is 11.9. The van der Waals surface area contributed by atoms with Gasteiger partial charge in [0.15, 0.2) is 11.6 Å². The Hall–Kier alpha value is -2.00. The molecule has 24 heavy (non-hydrogen) atoms. The molecule has 0 radical (unpaired) electrons. The van der Waals surface area contributed by atoms with Crippen molar-refractivity contribution in [1.29, 1.82) is 0 Å². The van der Waals surface area contributed by atoms with Crippen LogP contribution < -0.4 is 10.2 Å². The van der Waals surface area contributed by atoms with Crippen LogP contribution in [-0.4, -0.2) is 77.7 Å². The maximum atomic E-state index is 5.38. The highest BCUT2D eigenvalue weighted by atomic mass is 16.6. The molecule has 2 aliphatic rings. The molecule has 130 valence electrons. The molecule has 2 aromatic rings. The molecule has 1 N–H and O–H groups in total. The molecular formula is C15H23N7O2. The minimum absolute atomic E-state index is 0.452. The van der Waals surface area contributed by atoms with Crippen LogP contribution in [0.3, 0.4) is 0 Å². The van der Waals surface area contributed by atoms with E-state index >= 15 is 0 Å². The summed E-state index contributed by atoms with van der Waals surface area (Å²) in [7, 11) is 0. The van der Waals surface area contributed by atoms with Crippen LogP contribution in [0.4, 0.5) is 11.6 Å². The summed E-state index contributed by atoms with van der Waals surface area (Å²) in [6, 6.07) is 0. The zero-order valence-electron chi connectivity index (χ0n) is 13.8. The molecule has 2 saturated heterocycles. The van der Waals surface area contributed by atoms with Crippen LogP contribution in [-0.2, 0) is 4.74 Å². The molecule has 2 aromatic heterocycles. The second-order valence-electron chi connectivity index (χ2n) is 6.24. The van der Waals surface area contributed by atoms with E-state index in [1.54, 1.807) is 0 Å². The lowest BCUT2D eigenvalue weighted by atomic mass is 10.3. The molecule has 0 atom stereocenters. The van der Waals surface area contributed by atoms with Crippen molar-refractivity contribution in [2.24, 2.45) is 0 Å². The van der Waals surface area contributed by atoms with Crippen molar-refractivity contribution in [3.05, 3.63) is 0 Å². The lowest BCUT2D eigenvalue weighted by Crippen LogP contribution is -2.37. The van der Waals surface area contributed by atoms with Gasteiger partial charge in [-0.25, -0.2) is 14.6 Å². The number of nitrogens with zero attached hydrogens (tertiary/aromatic N) is 6. The van der Waals surface area contributed by atoms with Crippen LogP contribution in [0.15, 0.2) is 4.63 Å². The SMILES string of the molecule is C(CNc1nc2nonc2nc1N1CCCC1)CN1CCOCC1. The van der Waals surface area contributed by atoms with Gasteiger partial charge in [0, 0.05) is 32.7 Å². The van der Waals surface area contributed by atoms with E-state index in [9.17, 15) is 0 Å². The van der Waals surface area contributed by atoms with E-state index in [-0.39, 0.29) is 0 Å². The summed E-state index contributed by atoms with van der Waals surface area (Å²) in [5, 5.41) is 11.1. The van der Waals surface area contributed by atoms with E-state index in [4.69, 9.17) is 9.37 Å². The van der Waals surface area contributed by atoms with Crippen molar-refractivity contribution in [3.63, 3.8) is 0 Å². The second-order valence-corrected chi connectivity index (χ2v) is 6.24. The summed E-state index contributed by atoms with van der Waals surface area (Å²) in [5.41, 5.74) is 0.921. The maximum absolute atomic E-state index is 5.38. The normalized spacial score (nSPS) is 19.2. The zero-order chi connectivity index (χ0) is 16.2. The fraction of sp³-hybridized carbons (Fsp3) is 0.733. The fourth-order valence-corrected chi connectivity index (χ4v) is 3.23. The number of rotatable bonds is 6. The van der Waals surface area contributed by atoms with Crippen LogP contribution in [0.25, 0.3) is 11.3 Å². The smallest absolute Gasteiger partial charge is 0.245 e. The van der Waals surface area contributed by atoms with E-state index in [1.807, 2.05) is 0 Å². The van der Waals surface area contributed by atoms with Gasteiger partial charge in [-0.2, -0.15) is 0 Å². The van der Waals surface area contributed by atoms with Crippen molar-refractivity contribution in [2.75, 3.05) is 62.7 Å². The molecule has 0 unspecified atom stereocenters. The minimum Gasteiger partial charge on any atom is -0.379 e. The van der Waals surface area contributed by atoms with Gasteiger partial charge in [-0.05, 0) is 36.1 Å². The molecule has 4 heterocycles. The highest BCUT2D eigenvalue weighted by Crippen LogP contribution is 2.26. The van der Waals surface area contributed by atoms with Crippen molar-refractivity contribution >= 4 is 22.9 Å². The molecule has 0 amide bonds. The van der Waals surface area contributed by atoms with Gasteiger partial charge in [-0.15, -0.1) is 0 Å². The van der Waals surface area contributed by atoms with Gasteiger partial charge >= 0.3 is 0 Å². The average molecular weight is 333 g/mol. The second kappa shape index (κ2) is 7.27. The molecule has 4 rings (SSSR count). The molecular weight excluding hydrogens is 310 g/mol. The van der Waals surface area contributed by atoms with E-state index in [0.717, 1.165) is 70.5 Å². The summed E-state index contributed by atoms with van der Waals surface area (Å²) in [6.45, 7) is 7.66. The molecule has 0 aliphatic carbocycles. The Labute approximate surface area is 140 Å². The van der Waals surface area contributed by atoms with Crippen LogP contribution in [0, 0.1) is 0 Å². The number of anilines is 2. The van der Waals surface area contributed by atoms with Gasteiger partial charge in [0.2, 0.25) is 11.3 Å². The lowest BCUT2D eigenvalue weighted by molar-refractivity contribution is 0.0378. The fourth-order valence-electron chi connectivity index (χ4n) is 3.23. The molecule has 0 aromatic carbocycles. The zero-order valence-corrected chi connectivity index (χ0v) is 13.8. The Morgan fingerprint density at radius 1 is 0.958 bits per heavy atom. The topological polar surface area (TPSA) is 92.4 Å². The molecule has 2 fully saturated rings. The third-order valence-corrected chi connectivity index (χ3v) is 4.55. The van der Waals surface area contributed by atoms with Crippen molar-refractivity contribution in [3.8, 4) is 0 Å². The minimum atomic E-state index is 0.452. The van der Waals surface area contributed by atoms with E-state index in [1.165, 1.54) is 12.8 Å². The molecule has 0 saturated carbocycles. The van der Waals surface area contributed by atoms with E-state index < -0.39 is 0 Å². The standard InChI is InChI=1S/C15H23N7O2/c1-2-7-22(6-1)15-14(17-12-13(18-15)20-24-19-12)16-4-3-5-21-8-10-23-11-9-21/h1-11H2,(H,16,17,19). The first-order valence-electron chi connectivity index (χ1n) is 8.69. The predicted molar refractivity (Wildman–Crippen MR) is 89.2 cm³/mol. The molecule has 0 bridgehead atoms. The molecule has 2 aliphatic heterocycles. The van der Waals surface area contributed by atoms with Crippen molar-refractivity contribution < 1.29 is 9.37 Å². The summed E-state index contributed by atoms with van der Waals surface area (Å²) >= 11 is 0. The van der Waals surface area contributed by atoms with Gasteiger partial charge < -0.3 is 15.0 Å². The Morgan fingerprint density at radius 3 is 2.50 bits per heavy atom. The van der Waals surface area contributed by atoms with E-state index in [0.29, 0.717) is 11.3 Å². The van der Waals surface area contributed by atoms with Gasteiger partial charge in [0.1, 0.15) is 0 Å². The summed E-state index contributed by atoms with van der Waals surface area (Å²) in [6.07, 6.45) is 3.43. The van der Waals surface area contributed by atoms with E-state index in [2.05, 4.69) is 35.4 Å².